The summed E-state index contributed by atoms with van der Waals surface area (Å²) in [6, 6.07) is 3.37. The predicted molar refractivity (Wildman–Crippen MR) is 70.9 cm³/mol. The second kappa shape index (κ2) is 5.36. The van der Waals surface area contributed by atoms with Crippen LogP contribution >= 0.6 is 0 Å². The van der Waals surface area contributed by atoms with E-state index in [-0.39, 0.29) is 10.3 Å². The van der Waals surface area contributed by atoms with Gasteiger partial charge in [-0.3, -0.25) is 0 Å². The number of nitrogens with zero attached hydrogens (tertiary/aromatic N) is 1. The second-order valence-electron chi connectivity index (χ2n) is 4.90. The van der Waals surface area contributed by atoms with E-state index in [4.69, 9.17) is 5.73 Å². The minimum Gasteiger partial charge on any atom is -0.326 e. The number of nitrogens with two attached hydrogens (primary N) is 1. The average molecular weight is 268 g/mol. The lowest BCUT2D eigenvalue weighted by Crippen LogP contribution is -2.25. The lowest BCUT2D eigenvalue weighted by Gasteiger charge is -2.21. The molecule has 18 heavy (non-hydrogen) atoms. The lowest BCUT2D eigenvalue weighted by molar-refractivity contribution is 0.482. The summed E-state index contributed by atoms with van der Waals surface area (Å²) in [6.07, 6.45) is 4.68. The van der Waals surface area contributed by atoms with Crippen molar-refractivity contribution in [2.75, 3.05) is 0 Å². The Morgan fingerprint density at radius 2 is 1.94 bits per heavy atom. The van der Waals surface area contributed by atoms with Crippen molar-refractivity contribution >= 4 is 9.84 Å². The van der Waals surface area contributed by atoms with Crippen molar-refractivity contribution in [3.8, 4) is 0 Å². The molecule has 2 rings (SSSR count). The third-order valence-electron chi connectivity index (χ3n) is 3.67. The summed E-state index contributed by atoms with van der Waals surface area (Å²) in [5.41, 5.74) is 7.18. The highest BCUT2D eigenvalue weighted by atomic mass is 32.2. The van der Waals surface area contributed by atoms with Crippen molar-refractivity contribution in [3.63, 3.8) is 0 Å². The third-order valence-corrected chi connectivity index (χ3v) is 5.83. The van der Waals surface area contributed by atoms with E-state index in [0.29, 0.717) is 6.54 Å². The van der Waals surface area contributed by atoms with Gasteiger partial charge >= 0.3 is 0 Å². The first-order valence-electron chi connectivity index (χ1n) is 6.46. The molecule has 4 nitrogen and oxygen atoms in total. The van der Waals surface area contributed by atoms with Gasteiger partial charge in [-0.15, -0.1) is 0 Å². The molecule has 1 saturated carbocycles. The zero-order valence-electron chi connectivity index (χ0n) is 10.7. The van der Waals surface area contributed by atoms with E-state index in [1.807, 2.05) is 6.92 Å². The number of sulfone groups is 1. The number of pyridine rings is 1. The molecule has 0 radical (unpaired) electrons. The summed E-state index contributed by atoms with van der Waals surface area (Å²) >= 11 is 0. The fourth-order valence-corrected chi connectivity index (χ4v) is 4.30. The van der Waals surface area contributed by atoms with Gasteiger partial charge in [-0.05, 0) is 31.4 Å². The van der Waals surface area contributed by atoms with Crippen molar-refractivity contribution in [2.24, 2.45) is 5.73 Å². The van der Waals surface area contributed by atoms with Crippen LogP contribution in [-0.4, -0.2) is 18.7 Å². The first-order valence-corrected chi connectivity index (χ1v) is 8.01. The van der Waals surface area contributed by atoms with Gasteiger partial charge in [0, 0.05) is 12.2 Å². The van der Waals surface area contributed by atoms with Gasteiger partial charge in [0.1, 0.15) is 0 Å². The first kappa shape index (κ1) is 13.5. The van der Waals surface area contributed by atoms with Crippen LogP contribution in [0.3, 0.4) is 0 Å². The largest absolute Gasteiger partial charge is 0.326 e. The van der Waals surface area contributed by atoms with Gasteiger partial charge in [0.15, 0.2) is 14.9 Å². The van der Waals surface area contributed by atoms with Gasteiger partial charge in [-0.2, -0.15) is 0 Å². The Hall–Kier alpha value is -0.940. The molecule has 100 valence electrons. The molecule has 0 unspecified atom stereocenters. The van der Waals surface area contributed by atoms with Crippen LogP contribution in [0, 0.1) is 6.92 Å². The van der Waals surface area contributed by atoms with Crippen LogP contribution in [0.2, 0.25) is 0 Å². The summed E-state index contributed by atoms with van der Waals surface area (Å²) in [5.74, 6) is 0. The molecule has 2 N–H and O–H groups in total. The third kappa shape index (κ3) is 2.57. The number of aromatic nitrogens is 1. The maximum absolute atomic E-state index is 12.4. The van der Waals surface area contributed by atoms with Crippen LogP contribution in [0.1, 0.15) is 43.4 Å². The average Bonchev–Trinajstić information content (AvgIpc) is 2.39. The van der Waals surface area contributed by atoms with Gasteiger partial charge in [0.2, 0.25) is 0 Å². The minimum atomic E-state index is -3.26. The number of hydrogen-bond acceptors (Lipinski definition) is 4. The van der Waals surface area contributed by atoms with Gasteiger partial charge in [-0.25, -0.2) is 13.4 Å². The molecular formula is C13H20N2O2S. The highest BCUT2D eigenvalue weighted by Gasteiger charge is 2.30. The zero-order valence-corrected chi connectivity index (χ0v) is 11.5. The van der Waals surface area contributed by atoms with Gasteiger partial charge < -0.3 is 5.73 Å². The molecule has 5 heteroatoms. The fourth-order valence-electron chi connectivity index (χ4n) is 2.49. The Balaban J connectivity index is 2.32. The molecule has 1 fully saturated rings. The SMILES string of the molecule is Cc1nc(S(=O)(=O)C2CCCCC2)ccc1CN. The Morgan fingerprint density at radius 1 is 1.28 bits per heavy atom. The molecule has 0 spiro atoms. The van der Waals surface area contributed by atoms with E-state index in [1.54, 1.807) is 12.1 Å². The molecule has 1 aliphatic carbocycles. The van der Waals surface area contributed by atoms with Crippen LogP contribution < -0.4 is 5.73 Å². The molecule has 0 aliphatic heterocycles. The summed E-state index contributed by atoms with van der Waals surface area (Å²) in [6.45, 7) is 2.20. The van der Waals surface area contributed by atoms with E-state index in [9.17, 15) is 8.42 Å². The number of rotatable bonds is 3. The Morgan fingerprint density at radius 3 is 2.50 bits per heavy atom. The van der Waals surface area contributed by atoms with Crippen molar-refractivity contribution < 1.29 is 8.42 Å². The standard InChI is InChI=1S/C13H20N2O2S/c1-10-11(9-14)7-8-13(15-10)18(16,17)12-5-3-2-4-6-12/h7-8,12H,2-6,9,14H2,1H3. The van der Waals surface area contributed by atoms with E-state index in [2.05, 4.69) is 4.98 Å². The van der Waals surface area contributed by atoms with Crippen molar-refractivity contribution in [1.82, 2.24) is 4.98 Å². The Labute approximate surface area is 109 Å². The van der Waals surface area contributed by atoms with Crippen molar-refractivity contribution in [1.29, 1.82) is 0 Å². The Kier molecular flexibility index (Phi) is 4.02. The van der Waals surface area contributed by atoms with Gasteiger partial charge in [0.25, 0.3) is 0 Å². The second-order valence-corrected chi connectivity index (χ2v) is 7.08. The van der Waals surface area contributed by atoms with Crippen LogP contribution in [0.5, 0.6) is 0 Å². The maximum atomic E-state index is 12.4. The molecular weight excluding hydrogens is 248 g/mol. The summed E-state index contributed by atoms with van der Waals surface area (Å²) < 4.78 is 24.9. The molecule has 0 amide bonds. The van der Waals surface area contributed by atoms with Gasteiger partial charge in [0.05, 0.1) is 5.25 Å². The molecule has 0 aromatic carbocycles. The Bertz CT molecular complexity index is 520. The highest BCUT2D eigenvalue weighted by Crippen LogP contribution is 2.28. The predicted octanol–water partition coefficient (Wildman–Crippen LogP) is 1.96. The molecule has 1 heterocycles. The molecule has 0 atom stereocenters. The molecule has 0 bridgehead atoms. The highest BCUT2D eigenvalue weighted by molar-refractivity contribution is 7.92. The first-order chi connectivity index (χ1) is 8.55. The fraction of sp³-hybridized carbons (Fsp3) is 0.615. The van der Waals surface area contributed by atoms with E-state index in [0.717, 1.165) is 43.4 Å². The van der Waals surface area contributed by atoms with E-state index < -0.39 is 9.84 Å². The van der Waals surface area contributed by atoms with Crippen LogP contribution in [-0.2, 0) is 16.4 Å². The summed E-state index contributed by atoms with van der Waals surface area (Å²) in [7, 11) is -3.26. The number of aryl methyl sites for hydroxylation is 1. The molecule has 1 aromatic rings. The normalized spacial score (nSPS) is 17.9. The van der Waals surface area contributed by atoms with E-state index >= 15 is 0 Å². The summed E-state index contributed by atoms with van der Waals surface area (Å²) in [4.78, 5) is 4.22. The van der Waals surface area contributed by atoms with Gasteiger partial charge in [-0.1, -0.05) is 25.3 Å². The van der Waals surface area contributed by atoms with E-state index in [1.165, 1.54) is 0 Å². The zero-order chi connectivity index (χ0) is 13.2. The lowest BCUT2D eigenvalue weighted by atomic mass is 10.0. The maximum Gasteiger partial charge on any atom is 0.198 e. The smallest absolute Gasteiger partial charge is 0.198 e. The molecule has 0 saturated heterocycles. The monoisotopic (exact) mass is 268 g/mol. The van der Waals surface area contributed by atoms with Crippen LogP contribution in [0.4, 0.5) is 0 Å². The topological polar surface area (TPSA) is 73.0 Å². The van der Waals surface area contributed by atoms with Crippen LogP contribution in [0.25, 0.3) is 0 Å². The van der Waals surface area contributed by atoms with Crippen LogP contribution in [0.15, 0.2) is 17.2 Å². The van der Waals surface area contributed by atoms with Crippen molar-refractivity contribution in [2.45, 2.75) is 55.8 Å². The quantitative estimate of drug-likeness (QED) is 0.909. The molecule has 1 aromatic heterocycles. The van der Waals surface area contributed by atoms with Crippen molar-refractivity contribution in [3.05, 3.63) is 23.4 Å². The molecule has 1 aliphatic rings. The minimum absolute atomic E-state index is 0.212. The summed E-state index contributed by atoms with van der Waals surface area (Å²) in [5, 5.41) is -0.0361. The number of hydrogen-bond donors (Lipinski definition) is 1.